The van der Waals surface area contributed by atoms with E-state index in [0.29, 0.717) is 5.49 Å². The Morgan fingerprint density at radius 3 is 2.44 bits per heavy atom. The molecule has 0 spiro atoms. The summed E-state index contributed by atoms with van der Waals surface area (Å²) in [4.78, 5) is 17.4. The van der Waals surface area contributed by atoms with Crippen molar-refractivity contribution in [2.24, 2.45) is 4.99 Å². The summed E-state index contributed by atoms with van der Waals surface area (Å²) in [6, 6.07) is 9.30. The third-order valence-electron chi connectivity index (χ3n) is 3.54. The zero-order chi connectivity index (χ0) is 20.2. The molecule has 0 saturated carbocycles. The average molecular weight is 391 g/mol. The summed E-state index contributed by atoms with van der Waals surface area (Å²) in [6.07, 6.45) is 1.61. The molecular formula is C19H25N3O4S. The van der Waals surface area contributed by atoms with Crippen LogP contribution in [0.1, 0.15) is 38.1 Å². The molecule has 1 aromatic carbocycles. The standard InChI is InChI=1S/C19H25N3O4S/c1-13(2)20-18-8-6-7-11-22(18)19(23)15-9-10-16(26-5)17(12-15)27(24,25)21-14(3)4/h6-14,21H,1-5H3. The van der Waals surface area contributed by atoms with E-state index in [1.165, 1.54) is 29.9 Å². The second-order valence-corrected chi connectivity index (χ2v) is 8.28. The predicted molar refractivity (Wildman–Crippen MR) is 103 cm³/mol. The topological polar surface area (TPSA) is 89.8 Å². The molecule has 0 aliphatic rings. The van der Waals surface area contributed by atoms with Crippen LogP contribution in [0.2, 0.25) is 0 Å². The van der Waals surface area contributed by atoms with E-state index in [1.807, 2.05) is 13.8 Å². The Kier molecular flexibility index (Phi) is 6.56. The zero-order valence-electron chi connectivity index (χ0n) is 16.1. The number of nitrogens with one attached hydrogen (secondary N) is 1. The molecule has 0 bridgehead atoms. The number of aromatic nitrogens is 1. The van der Waals surface area contributed by atoms with Gasteiger partial charge in [0.25, 0.3) is 5.91 Å². The third kappa shape index (κ3) is 5.05. The second kappa shape index (κ2) is 8.49. The highest BCUT2D eigenvalue weighted by atomic mass is 32.2. The van der Waals surface area contributed by atoms with Gasteiger partial charge in [-0.25, -0.2) is 13.1 Å². The van der Waals surface area contributed by atoms with E-state index in [9.17, 15) is 13.2 Å². The van der Waals surface area contributed by atoms with Gasteiger partial charge < -0.3 is 4.74 Å². The van der Waals surface area contributed by atoms with Gasteiger partial charge in [0.15, 0.2) is 0 Å². The summed E-state index contributed by atoms with van der Waals surface area (Å²) in [5.74, 6) is -0.205. The Morgan fingerprint density at radius 2 is 1.85 bits per heavy atom. The minimum absolute atomic E-state index is 0.00787. The first-order chi connectivity index (χ1) is 12.7. The number of benzene rings is 1. The second-order valence-electron chi connectivity index (χ2n) is 6.60. The van der Waals surface area contributed by atoms with Crippen molar-refractivity contribution in [2.75, 3.05) is 7.11 Å². The molecule has 1 heterocycles. The van der Waals surface area contributed by atoms with Crippen LogP contribution in [0.15, 0.2) is 52.5 Å². The first-order valence-electron chi connectivity index (χ1n) is 8.62. The Balaban J connectivity index is 2.59. The molecule has 0 fully saturated rings. The molecule has 0 atom stereocenters. The molecule has 0 saturated heterocycles. The number of carbonyl (C=O) groups excluding carboxylic acids is 1. The number of hydrogen-bond acceptors (Lipinski definition) is 5. The number of pyridine rings is 1. The van der Waals surface area contributed by atoms with Crippen LogP contribution in [-0.4, -0.2) is 38.1 Å². The molecule has 1 N–H and O–H groups in total. The molecule has 0 amide bonds. The molecule has 8 heteroatoms. The zero-order valence-corrected chi connectivity index (χ0v) is 16.9. The van der Waals surface area contributed by atoms with Gasteiger partial charge in [-0.3, -0.25) is 14.4 Å². The lowest BCUT2D eigenvalue weighted by molar-refractivity contribution is 0.0954. The molecule has 0 radical (unpaired) electrons. The molecule has 2 aromatic rings. The minimum atomic E-state index is -3.83. The quantitative estimate of drug-likeness (QED) is 0.817. The Morgan fingerprint density at radius 1 is 1.15 bits per heavy atom. The van der Waals surface area contributed by atoms with Crippen molar-refractivity contribution >= 4 is 15.9 Å². The van der Waals surface area contributed by atoms with Gasteiger partial charge in [0, 0.05) is 23.8 Å². The SMILES string of the molecule is COc1ccc(C(=O)n2ccccc2=NC(C)C)cc1S(=O)(=O)NC(C)C. The van der Waals surface area contributed by atoms with Crippen molar-refractivity contribution in [3.05, 3.63) is 53.6 Å². The smallest absolute Gasteiger partial charge is 0.263 e. The lowest BCUT2D eigenvalue weighted by Gasteiger charge is -2.14. The lowest BCUT2D eigenvalue weighted by Crippen LogP contribution is -2.31. The fourth-order valence-corrected chi connectivity index (χ4v) is 3.95. The summed E-state index contributed by atoms with van der Waals surface area (Å²) >= 11 is 0. The Labute approximate surface area is 159 Å². The molecule has 2 rings (SSSR count). The molecule has 1 aromatic heterocycles. The van der Waals surface area contributed by atoms with E-state index in [4.69, 9.17) is 4.74 Å². The van der Waals surface area contributed by atoms with Crippen molar-refractivity contribution < 1.29 is 17.9 Å². The van der Waals surface area contributed by atoms with E-state index in [0.717, 1.165) is 0 Å². The van der Waals surface area contributed by atoms with Gasteiger partial charge in [-0.2, -0.15) is 0 Å². The number of sulfonamides is 1. The summed E-state index contributed by atoms with van der Waals surface area (Å²) in [7, 11) is -2.44. The first kappa shape index (κ1) is 20.9. The largest absolute Gasteiger partial charge is 0.495 e. The average Bonchev–Trinajstić information content (AvgIpc) is 2.59. The van der Waals surface area contributed by atoms with E-state index >= 15 is 0 Å². The van der Waals surface area contributed by atoms with Crippen molar-refractivity contribution in [1.29, 1.82) is 0 Å². The van der Waals surface area contributed by atoms with Crippen molar-refractivity contribution in [1.82, 2.24) is 9.29 Å². The molecule has 7 nitrogen and oxygen atoms in total. The maximum Gasteiger partial charge on any atom is 0.263 e. The van der Waals surface area contributed by atoms with E-state index in [-0.39, 0.29) is 34.2 Å². The summed E-state index contributed by atoms with van der Waals surface area (Å²) in [5.41, 5.74) is 0.717. The summed E-state index contributed by atoms with van der Waals surface area (Å²) < 4.78 is 34.3. The van der Waals surface area contributed by atoms with Crippen molar-refractivity contribution in [2.45, 2.75) is 44.7 Å². The van der Waals surface area contributed by atoms with Crippen LogP contribution >= 0.6 is 0 Å². The summed E-state index contributed by atoms with van der Waals surface area (Å²) in [6.45, 7) is 7.27. The van der Waals surface area contributed by atoms with E-state index in [1.54, 1.807) is 38.2 Å². The van der Waals surface area contributed by atoms with E-state index in [2.05, 4.69) is 9.71 Å². The molecule has 0 unspecified atom stereocenters. The predicted octanol–water partition coefficient (Wildman–Crippen LogP) is 2.18. The minimum Gasteiger partial charge on any atom is -0.495 e. The maximum atomic E-state index is 13.0. The van der Waals surface area contributed by atoms with Crippen molar-refractivity contribution in [3.63, 3.8) is 0 Å². The highest BCUT2D eigenvalue weighted by molar-refractivity contribution is 7.89. The van der Waals surface area contributed by atoms with Crippen LogP contribution < -0.4 is 14.9 Å². The fraction of sp³-hybridized carbons (Fsp3) is 0.368. The van der Waals surface area contributed by atoms with Gasteiger partial charge in [0.2, 0.25) is 10.0 Å². The molecular weight excluding hydrogens is 366 g/mol. The first-order valence-corrected chi connectivity index (χ1v) is 10.1. The fourth-order valence-electron chi connectivity index (χ4n) is 2.51. The normalized spacial score (nSPS) is 12.6. The van der Waals surface area contributed by atoms with Gasteiger partial charge in [0.1, 0.15) is 16.1 Å². The third-order valence-corrected chi connectivity index (χ3v) is 5.22. The molecule has 0 aliphatic heterocycles. The van der Waals surface area contributed by atoms with Crippen LogP contribution in [0.25, 0.3) is 0 Å². The van der Waals surface area contributed by atoms with Crippen LogP contribution in [-0.2, 0) is 10.0 Å². The van der Waals surface area contributed by atoms with Gasteiger partial charge in [-0.15, -0.1) is 0 Å². The van der Waals surface area contributed by atoms with Gasteiger partial charge in [-0.05, 0) is 58.0 Å². The molecule has 27 heavy (non-hydrogen) atoms. The van der Waals surface area contributed by atoms with Crippen molar-refractivity contribution in [3.8, 4) is 5.75 Å². The molecule has 0 aliphatic carbocycles. The van der Waals surface area contributed by atoms with Crippen LogP contribution in [0, 0.1) is 0 Å². The van der Waals surface area contributed by atoms with Crippen LogP contribution in [0.3, 0.4) is 0 Å². The number of carbonyl (C=O) groups is 1. The van der Waals surface area contributed by atoms with Gasteiger partial charge in [-0.1, -0.05) is 6.07 Å². The number of hydrogen-bond donors (Lipinski definition) is 1. The van der Waals surface area contributed by atoms with Crippen LogP contribution in [0.4, 0.5) is 0 Å². The Hall–Kier alpha value is -2.45. The Bertz CT molecular complexity index is 992. The molecule has 146 valence electrons. The highest BCUT2D eigenvalue weighted by Gasteiger charge is 2.23. The lowest BCUT2D eigenvalue weighted by atomic mass is 10.2. The van der Waals surface area contributed by atoms with Crippen LogP contribution in [0.5, 0.6) is 5.75 Å². The van der Waals surface area contributed by atoms with Gasteiger partial charge >= 0.3 is 0 Å². The van der Waals surface area contributed by atoms with Gasteiger partial charge in [0.05, 0.1) is 7.11 Å². The van der Waals surface area contributed by atoms with E-state index < -0.39 is 10.0 Å². The maximum absolute atomic E-state index is 13.0. The number of ether oxygens (including phenoxy) is 1. The summed E-state index contributed by atoms with van der Waals surface area (Å²) in [5, 5.41) is 0. The number of methoxy groups -OCH3 is 1. The number of nitrogens with zero attached hydrogens (tertiary/aromatic N) is 2. The highest BCUT2D eigenvalue weighted by Crippen LogP contribution is 2.25. The monoisotopic (exact) mass is 391 g/mol. The number of rotatable bonds is 6.